The van der Waals surface area contributed by atoms with Crippen LogP contribution in [0, 0.1) is 5.41 Å². The number of rotatable bonds is 3. The van der Waals surface area contributed by atoms with Crippen LogP contribution in [-0.2, 0) is 4.79 Å². The molecule has 0 fully saturated rings. The van der Waals surface area contributed by atoms with Gasteiger partial charge in [0.05, 0.1) is 11.2 Å². The summed E-state index contributed by atoms with van der Waals surface area (Å²) in [6.07, 6.45) is 0. The minimum Gasteiger partial charge on any atom is -0.480 e. The van der Waals surface area contributed by atoms with Gasteiger partial charge in [0.15, 0.2) is 0 Å². The predicted molar refractivity (Wildman–Crippen MR) is 59.9 cm³/mol. The lowest BCUT2D eigenvalue weighted by Gasteiger charge is -2.32. The van der Waals surface area contributed by atoms with Crippen molar-refractivity contribution in [3.05, 3.63) is 16.6 Å². The topological polar surface area (TPSA) is 76.2 Å². The van der Waals surface area contributed by atoms with Crippen molar-refractivity contribution in [2.24, 2.45) is 11.1 Å². The highest BCUT2D eigenvalue weighted by Crippen LogP contribution is 2.36. The lowest BCUT2D eigenvalue weighted by atomic mass is 9.75. The zero-order valence-electron chi connectivity index (χ0n) is 9.10. The van der Waals surface area contributed by atoms with E-state index in [4.69, 9.17) is 10.8 Å². The Morgan fingerprint density at radius 2 is 2.20 bits per heavy atom. The third kappa shape index (κ3) is 2.76. The number of hydrogen-bond acceptors (Lipinski definition) is 4. The number of carboxylic acid groups (broad SMARTS) is 1. The van der Waals surface area contributed by atoms with Gasteiger partial charge in [-0.15, -0.1) is 11.3 Å². The molecule has 15 heavy (non-hydrogen) atoms. The van der Waals surface area contributed by atoms with Crippen LogP contribution in [0.15, 0.2) is 10.9 Å². The van der Waals surface area contributed by atoms with E-state index < -0.39 is 12.0 Å². The van der Waals surface area contributed by atoms with Crippen molar-refractivity contribution in [1.29, 1.82) is 0 Å². The largest absolute Gasteiger partial charge is 0.480 e. The molecule has 2 unspecified atom stereocenters. The third-order valence-corrected chi connectivity index (χ3v) is 2.95. The van der Waals surface area contributed by atoms with E-state index in [9.17, 15) is 4.79 Å². The highest BCUT2D eigenvalue weighted by Gasteiger charge is 2.36. The summed E-state index contributed by atoms with van der Waals surface area (Å²) in [7, 11) is 0. The van der Waals surface area contributed by atoms with Gasteiger partial charge in [-0.3, -0.25) is 4.79 Å². The van der Waals surface area contributed by atoms with Crippen molar-refractivity contribution in [1.82, 2.24) is 4.98 Å². The number of aromatic nitrogens is 1. The Kier molecular flexibility index (Phi) is 3.46. The zero-order chi connectivity index (χ0) is 11.6. The molecule has 0 aliphatic heterocycles. The van der Waals surface area contributed by atoms with Crippen LogP contribution in [-0.4, -0.2) is 22.1 Å². The maximum absolute atomic E-state index is 10.9. The van der Waals surface area contributed by atoms with E-state index in [-0.39, 0.29) is 11.3 Å². The first-order valence-corrected chi connectivity index (χ1v) is 5.65. The van der Waals surface area contributed by atoms with E-state index >= 15 is 0 Å². The van der Waals surface area contributed by atoms with Crippen molar-refractivity contribution >= 4 is 17.3 Å². The fraction of sp³-hybridized carbons (Fsp3) is 0.600. The number of hydrogen-bond donors (Lipinski definition) is 2. The van der Waals surface area contributed by atoms with E-state index in [1.807, 2.05) is 26.2 Å². The average Bonchev–Trinajstić information content (AvgIpc) is 2.54. The molecule has 0 radical (unpaired) electrons. The first-order valence-electron chi connectivity index (χ1n) is 4.70. The quantitative estimate of drug-likeness (QED) is 0.825. The van der Waals surface area contributed by atoms with Gasteiger partial charge in [-0.05, 0) is 5.41 Å². The molecule has 4 nitrogen and oxygen atoms in total. The summed E-state index contributed by atoms with van der Waals surface area (Å²) in [4.78, 5) is 15.1. The molecule has 1 aromatic heterocycles. The van der Waals surface area contributed by atoms with Gasteiger partial charge in [0.1, 0.15) is 6.04 Å². The van der Waals surface area contributed by atoms with E-state index in [1.54, 1.807) is 5.51 Å². The Hall–Kier alpha value is -0.940. The van der Waals surface area contributed by atoms with Crippen LogP contribution < -0.4 is 5.73 Å². The van der Waals surface area contributed by atoms with Gasteiger partial charge in [-0.25, -0.2) is 4.98 Å². The fourth-order valence-corrected chi connectivity index (χ4v) is 2.27. The smallest absolute Gasteiger partial charge is 0.321 e. The van der Waals surface area contributed by atoms with Gasteiger partial charge in [0, 0.05) is 11.3 Å². The Balaban J connectivity index is 3.05. The van der Waals surface area contributed by atoms with Gasteiger partial charge in [0.2, 0.25) is 0 Å². The first kappa shape index (κ1) is 12.1. The molecule has 0 bridgehead atoms. The number of nitrogens with two attached hydrogens (primary N) is 1. The van der Waals surface area contributed by atoms with Crippen molar-refractivity contribution in [3.8, 4) is 0 Å². The average molecular weight is 228 g/mol. The molecule has 1 rings (SSSR count). The van der Waals surface area contributed by atoms with Crippen LogP contribution in [0.1, 0.15) is 32.4 Å². The highest BCUT2D eigenvalue weighted by molar-refractivity contribution is 7.07. The molecule has 0 aliphatic rings. The van der Waals surface area contributed by atoms with Gasteiger partial charge < -0.3 is 10.8 Å². The SMILES string of the molecule is CC(C)(C)C(c1cscn1)C(N)C(=O)O. The van der Waals surface area contributed by atoms with Crippen LogP contribution >= 0.6 is 11.3 Å². The number of nitrogens with zero attached hydrogens (tertiary/aromatic N) is 1. The van der Waals surface area contributed by atoms with Crippen LogP contribution in [0.2, 0.25) is 0 Å². The molecule has 2 atom stereocenters. The standard InChI is InChI=1S/C10H16N2O2S/c1-10(2,3)7(8(11)9(13)14)6-4-15-5-12-6/h4-5,7-8H,11H2,1-3H3,(H,13,14). The molecule has 0 saturated heterocycles. The Morgan fingerprint density at radius 3 is 2.53 bits per heavy atom. The van der Waals surface area contributed by atoms with Crippen molar-refractivity contribution < 1.29 is 9.90 Å². The predicted octanol–water partition coefficient (Wildman–Crippen LogP) is 1.68. The summed E-state index contributed by atoms with van der Waals surface area (Å²) in [6, 6.07) is -0.910. The summed E-state index contributed by atoms with van der Waals surface area (Å²) < 4.78 is 0. The lowest BCUT2D eigenvalue weighted by Crippen LogP contribution is -2.42. The van der Waals surface area contributed by atoms with E-state index in [1.165, 1.54) is 11.3 Å². The van der Waals surface area contributed by atoms with E-state index in [2.05, 4.69) is 4.98 Å². The molecule has 1 heterocycles. The molecule has 0 saturated carbocycles. The first-order chi connectivity index (χ1) is 6.84. The highest BCUT2D eigenvalue weighted by atomic mass is 32.1. The number of aliphatic carboxylic acids is 1. The van der Waals surface area contributed by atoms with E-state index in [0.29, 0.717) is 0 Å². The minimum absolute atomic E-state index is 0.216. The number of thiazole rings is 1. The molecule has 0 spiro atoms. The maximum atomic E-state index is 10.9. The molecule has 3 N–H and O–H groups in total. The second kappa shape index (κ2) is 4.28. The van der Waals surface area contributed by atoms with E-state index in [0.717, 1.165) is 5.69 Å². The minimum atomic E-state index is -0.983. The summed E-state index contributed by atoms with van der Waals surface area (Å²) in [5, 5.41) is 10.8. The number of carbonyl (C=O) groups is 1. The number of carboxylic acids is 1. The normalized spacial score (nSPS) is 16.0. The zero-order valence-corrected chi connectivity index (χ0v) is 9.91. The molecule has 5 heteroatoms. The Morgan fingerprint density at radius 1 is 1.60 bits per heavy atom. The van der Waals surface area contributed by atoms with Crippen LogP contribution in [0.25, 0.3) is 0 Å². The molecule has 0 aromatic carbocycles. The summed E-state index contributed by atoms with van der Waals surface area (Å²) >= 11 is 1.45. The monoisotopic (exact) mass is 228 g/mol. The second-order valence-electron chi connectivity index (χ2n) is 4.62. The van der Waals surface area contributed by atoms with Gasteiger partial charge in [-0.2, -0.15) is 0 Å². The van der Waals surface area contributed by atoms with Gasteiger partial charge >= 0.3 is 5.97 Å². The Bertz CT molecular complexity index is 330. The van der Waals surface area contributed by atoms with Gasteiger partial charge in [-0.1, -0.05) is 20.8 Å². The summed E-state index contributed by atoms with van der Waals surface area (Å²) in [5.41, 5.74) is 7.95. The summed E-state index contributed by atoms with van der Waals surface area (Å²) in [5.74, 6) is -1.25. The molecule has 0 aliphatic carbocycles. The molecule has 0 amide bonds. The second-order valence-corrected chi connectivity index (χ2v) is 5.34. The van der Waals surface area contributed by atoms with Crippen LogP contribution in [0.3, 0.4) is 0 Å². The van der Waals surface area contributed by atoms with Crippen molar-refractivity contribution in [2.45, 2.75) is 32.7 Å². The Labute approximate surface area is 93.1 Å². The van der Waals surface area contributed by atoms with Crippen molar-refractivity contribution in [2.75, 3.05) is 0 Å². The molecule has 1 aromatic rings. The third-order valence-electron chi connectivity index (χ3n) is 2.35. The van der Waals surface area contributed by atoms with Gasteiger partial charge in [0.25, 0.3) is 0 Å². The van der Waals surface area contributed by atoms with Crippen LogP contribution in [0.5, 0.6) is 0 Å². The fourth-order valence-electron chi connectivity index (χ4n) is 1.68. The maximum Gasteiger partial charge on any atom is 0.321 e. The summed E-state index contributed by atoms with van der Waals surface area (Å²) in [6.45, 7) is 5.92. The van der Waals surface area contributed by atoms with Crippen molar-refractivity contribution in [3.63, 3.8) is 0 Å². The lowest BCUT2D eigenvalue weighted by molar-refractivity contribution is -0.139. The molecule has 84 valence electrons. The van der Waals surface area contributed by atoms with Crippen LogP contribution in [0.4, 0.5) is 0 Å². The molecular formula is C10H16N2O2S. The molecular weight excluding hydrogens is 212 g/mol.